The lowest BCUT2D eigenvalue weighted by molar-refractivity contribution is 0.414. The molecular weight excluding hydrogens is 322 g/mol. The Bertz CT molecular complexity index is 988. The molecule has 1 aliphatic rings. The molecule has 2 heterocycles. The highest BCUT2D eigenvalue weighted by Gasteiger charge is 2.19. The van der Waals surface area contributed by atoms with Crippen molar-refractivity contribution in [3.63, 3.8) is 0 Å². The second-order valence-electron chi connectivity index (χ2n) is 5.77. The van der Waals surface area contributed by atoms with Crippen molar-refractivity contribution in [3.8, 4) is 5.75 Å². The Morgan fingerprint density at radius 2 is 2.12 bits per heavy atom. The van der Waals surface area contributed by atoms with Gasteiger partial charge in [-0.1, -0.05) is 12.1 Å². The van der Waals surface area contributed by atoms with Gasteiger partial charge in [0.05, 0.1) is 18.7 Å². The molecule has 4 rings (SSSR count). The number of benzene rings is 1. The lowest BCUT2D eigenvalue weighted by atomic mass is 9.97. The van der Waals surface area contributed by atoms with Crippen LogP contribution in [0.4, 0.5) is 0 Å². The molecule has 0 fully saturated rings. The number of aromatic nitrogens is 2. The molecule has 0 N–H and O–H groups in total. The van der Waals surface area contributed by atoms with Crippen molar-refractivity contribution in [1.29, 1.82) is 0 Å². The lowest BCUT2D eigenvalue weighted by Gasteiger charge is -2.09. The van der Waals surface area contributed by atoms with Crippen LogP contribution in [0.25, 0.3) is 10.2 Å². The third-order valence-corrected chi connectivity index (χ3v) is 5.52. The Kier molecular flexibility index (Phi) is 3.90. The van der Waals surface area contributed by atoms with Crippen LogP contribution in [0.15, 0.2) is 40.5 Å². The van der Waals surface area contributed by atoms with Crippen molar-refractivity contribution >= 4 is 27.8 Å². The van der Waals surface area contributed by atoms with E-state index >= 15 is 0 Å². The third kappa shape index (κ3) is 2.53. The number of rotatable bonds is 3. The third-order valence-electron chi connectivity index (χ3n) is 4.32. The Morgan fingerprint density at radius 3 is 3.00 bits per heavy atom. The van der Waals surface area contributed by atoms with E-state index in [4.69, 9.17) is 4.74 Å². The average molecular weight is 339 g/mol. The largest absolute Gasteiger partial charge is 0.496 e. The topological polar surface area (TPSA) is 56.5 Å². The highest BCUT2D eigenvalue weighted by molar-refractivity contribution is 7.18. The molecule has 0 radical (unpaired) electrons. The van der Waals surface area contributed by atoms with Gasteiger partial charge in [-0.05, 0) is 43.4 Å². The number of thiophene rings is 1. The van der Waals surface area contributed by atoms with Crippen LogP contribution in [0, 0.1) is 0 Å². The maximum Gasteiger partial charge on any atom is 0.282 e. The van der Waals surface area contributed by atoms with Gasteiger partial charge >= 0.3 is 0 Å². The number of nitrogens with zero attached hydrogens (tertiary/aromatic N) is 3. The summed E-state index contributed by atoms with van der Waals surface area (Å²) in [5.41, 5.74) is 1.91. The van der Waals surface area contributed by atoms with Crippen molar-refractivity contribution in [2.24, 2.45) is 5.10 Å². The van der Waals surface area contributed by atoms with E-state index in [-0.39, 0.29) is 5.56 Å². The zero-order chi connectivity index (χ0) is 16.5. The number of hydrogen-bond donors (Lipinski definition) is 0. The molecule has 24 heavy (non-hydrogen) atoms. The number of ether oxygens (including phenoxy) is 1. The first-order valence-electron chi connectivity index (χ1n) is 7.97. The normalized spacial score (nSPS) is 14.2. The molecule has 0 atom stereocenters. The van der Waals surface area contributed by atoms with Gasteiger partial charge < -0.3 is 4.74 Å². The van der Waals surface area contributed by atoms with Crippen LogP contribution in [-0.4, -0.2) is 23.0 Å². The summed E-state index contributed by atoms with van der Waals surface area (Å²) in [5, 5.41) is 5.05. The van der Waals surface area contributed by atoms with Crippen LogP contribution in [0.3, 0.4) is 0 Å². The van der Waals surface area contributed by atoms with E-state index in [9.17, 15) is 4.79 Å². The standard InChI is InChI=1S/C18H17N3O2S/c1-23-14-8-4-2-6-12(14)10-20-21-11-19-17-16(18(21)22)13-7-3-5-9-15(13)24-17/h2,4,6,8,10-11H,3,5,7,9H2,1H3/b20-10-. The zero-order valence-electron chi connectivity index (χ0n) is 13.4. The summed E-state index contributed by atoms with van der Waals surface area (Å²) in [6.45, 7) is 0. The van der Waals surface area contributed by atoms with Crippen molar-refractivity contribution < 1.29 is 4.74 Å². The molecule has 3 aromatic rings. The highest BCUT2D eigenvalue weighted by Crippen LogP contribution is 2.33. The molecule has 2 aromatic heterocycles. The van der Waals surface area contributed by atoms with Gasteiger partial charge in [-0.25, -0.2) is 4.98 Å². The van der Waals surface area contributed by atoms with Gasteiger partial charge in [0.2, 0.25) is 0 Å². The molecule has 0 saturated carbocycles. The molecule has 0 unspecified atom stereocenters. The first kappa shape index (κ1) is 15.1. The van der Waals surface area contributed by atoms with Crippen LogP contribution in [-0.2, 0) is 12.8 Å². The lowest BCUT2D eigenvalue weighted by Crippen LogP contribution is -2.18. The average Bonchev–Trinajstić information content (AvgIpc) is 3.00. The number of fused-ring (bicyclic) bond motifs is 3. The van der Waals surface area contributed by atoms with Gasteiger partial charge in [-0.3, -0.25) is 4.79 Å². The summed E-state index contributed by atoms with van der Waals surface area (Å²) in [7, 11) is 1.62. The second-order valence-corrected chi connectivity index (χ2v) is 6.86. The summed E-state index contributed by atoms with van der Waals surface area (Å²) in [6, 6.07) is 7.56. The molecule has 0 aliphatic heterocycles. The first-order valence-corrected chi connectivity index (χ1v) is 8.79. The van der Waals surface area contributed by atoms with Gasteiger partial charge in [0, 0.05) is 10.4 Å². The van der Waals surface area contributed by atoms with Crippen molar-refractivity contribution in [3.05, 3.63) is 57.0 Å². The monoisotopic (exact) mass is 339 g/mol. The summed E-state index contributed by atoms with van der Waals surface area (Å²) in [6.07, 6.45) is 7.48. The first-order chi connectivity index (χ1) is 11.8. The maximum absolute atomic E-state index is 12.8. The molecule has 0 spiro atoms. The van der Waals surface area contributed by atoms with E-state index in [2.05, 4.69) is 10.1 Å². The quantitative estimate of drug-likeness (QED) is 0.689. The number of aryl methyl sites for hydroxylation is 2. The van der Waals surface area contributed by atoms with Crippen LogP contribution < -0.4 is 10.3 Å². The smallest absolute Gasteiger partial charge is 0.282 e. The summed E-state index contributed by atoms with van der Waals surface area (Å²) in [4.78, 5) is 19.4. The SMILES string of the molecule is COc1ccccc1/C=N\n1cnc2sc3c(c2c1=O)CCCC3. The molecule has 122 valence electrons. The van der Waals surface area contributed by atoms with Gasteiger partial charge in [0.1, 0.15) is 16.9 Å². The molecule has 1 aromatic carbocycles. The fraction of sp³-hybridized carbons (Fsp3) is 0.278. The fourth-order valence-electron chi connectivity index (χ4n) is 3.12. The molecule has 6 heteroatoms. The number of para-hydroxylation sites is 1. The van der Waals surface area contributed by atoms with Gasteiger partial charge in [0.15, 0.2) is 0 Å². The van der Waals surface area contributed by atoms with Crippen LogP contribution >= 0.6 is 11.3 Å². The van der Waals surface area contributed by atoms with Crippen molar-refractivity contribution in [2.75, 3.05) is 7.11 Å². The minimum Gasteiger partial charge on any atom is -0.496 e. The van der Waals surface area contributed by atoms with E-state index in [0.717, 1.165) is 40.8 Å². The van der Waals surface area contributed by atoms with Crippen LogP contribution in [0.2, 0.25) is 0 Å². The number of methoxy groups -OCH3 is 1. The van der Waals surface area contributed by atoms with E-state index in [1.807, 2.05) is 24.3 Å². The van der Waals surface area contributed by atoms with E-state index in [1.54, 1.807) is 24.7 Å². The molecular formula is C18H17N3O2S. The predicted octanol–water partition coefficient (Wildman–Crippen LogP) is 3.23. The summed E-state index contributed by atoms with van der Waals surface area (Å²) in [5.74, 6) is 0.719. The summed E-state index contributed by atoms with van der Waals surface area (Å²) < 4.78 is 6.62. The molecule has 1 aliphatic carbocycles. The second kappa shape index (κ2) is 6.20. The van der Waals surface area contributed by atoms with Gasteiger partial charge in [-0.2, -0.15) is 9.78 Å². The van der Waals surface area contributed by atoms with E-state index in [0.29, 0.717) is 0 Å². The molecule has 0 saturated heterocycles. The minimum atomic E-state index is -0.0921. The van der Waals surface area contributed by atoms with Gasteiger partial charge in [-0.15, -0.1) is 11.3 Å². The summed E-state index contributed by atoms with van der Waals surface area (Å²) >= 11 is 1.65. The van der Waals surface area contributed by atoms with Gasteiger partial charge in [0.25, 0.3) is 5.56 Å². The Hall–Kier alpha value is -2.47. The minimum absolute atomic E-state index is 0.0921. The van der Waals surface area contributed by atoms with E-state index in [1.165, 1.54) is 27.9 Å². The van der Waals surface area contributed by atoms with Crippen LogP contribution in [0.1, 0.15) is 28.8 Å². The zero-order valence-corrected chi connectivity index (χ0v) is 14.2. The molecule has 0 bridgehead atoms. The maximum atomic E-state index is 12.8. The Balaban J connectivity index is 1.79. The predicted molar refractivity (Wildman–Crippen MR) is 96.5 cm³/mol. The number of hydrogen-bond acceptors (Lipinski definition) is 5. The molecule has 5 nitrogen and oxygen atoms in total. The van der Waals surface area contributed by atoms with E-state index < -0.39 is 0 Å². The Morgan fingerprint density at radius 1 is 1.29 bits per heavy atom. The van der Waals surface area contributed by atoms with Crippen LogP contribution in [0.5, 0.6) is 5.75 Å². The van der Waals surface area contributed by atoms with Crippen molar-refractivity contribution in [1.82, 2.24) is 9.66 Å². The molecule has 0 amide bonds. The fourth-order valence-corrected chi connectivity index (χ4v) is 4.34. The highest BCUT2D eigenvalue weighted by atomic mass is 32.1. The van der Waals surface area contributed by atoms with Crippen molar-refractivity contribution in [2.45, 2.75) is 25.7 Å². The Labute approximate surface area is 143 Å².